The van der Waals surface area contributed by atoms with Gasteiger partial charge in [0.2, 0.25) is 0 Å². The largest absolute Gasteiger partial charge is 0.221 e. The molecule has 0 heterocycles. The van der Waals surface area contributed by atoms with E-state index in [1.807, 2.05) is 18.2 Å². The predicted octanol–water partition coefficient (Wildman–Crippen LogP) is 4.52. The molecule has 5 heteroatoms. The molecule has 1 aromatic rings. The van der Waals surface area contributed by atoms with Crippen LogP contribution in [0.2, 0.25) is 0 Å². The maximum atomic E-state index is 5.86. The van der Waals surface area contributed by atoms with Crippen LogP contribution in [-0.2, 0) is 0 Å². The fraction of sp³-hybridized carbons (Fsp3) is 0. The first-order chi connectivity index (χ1) is 6.61. The van der Waals surface area contributed by atoms with Crippen molar-refractivity contribution in [3.05, 3.63) is 45.5 Å². The Kier molecular flexibility index (Phi) is 4.76. The minimum Gasteiger partial charge on any atom is -0.221 e. The van der Waals surface area contributed by atoms with Gasteiger partial charge >= 0.3 is 0 Å². The third-order valence-electron chi connectivity index (χ3n) is 1.36. The van der Waals surface area contributed by atoms with E-state index >= 15 is 0 Å². The average molecular weight is 269 g/mol. The van der Waals surface area contributed by atoms with E-state index in [2.05, 4.69) is 4.99 Å². The zero-order chi connectivity index (χ0) is 10.6. The van der Waals surface area contributed by atoms with Crippen molar-refractivity contribution < 1.29 is 0 Å². The second kappa shape index (κ2) is 5.62. The molecule has 0 unspecified atom stereocenters. The highest BCUT2D eigenvalue weighted by atomic mass is 35.5. The van der Waals surface area contributed by atoms with Crippen molar-refractivity contribution in [2.24, 2.45) is 4.99 Å². The molecule has 0 aliphatic heterocycles. The van der Waals surface area contributed by atoms with Gasteiger partial charge in [-0.15, -0.1) is 0 Å². The van der Waals surface area contributed by atoms with Crippen molar-refractivity contribution in [1.82, 2.24) is 0 Å². The van der Waals surface area contributed by atoms with Crippen molar-refractivity contribution in [3.63, 3.8) is 0 Å². The van der Waals surface area contributed by atoms with Gasteiger partial charge in [-0.3, -0.25) is 0 Å². The zero-order valence-corrected chi connectivity index (χ0v) is 9.87. The molecule has 74 valence electrons. The van der Waals surface area contributed by atoms with Crippen LogP contribution in [0.3, 0.4) is 0 Å². The molecular weight excluding hydrogens is 264 g/mol. The molecule has 0 radical (unpaired) electrons. The van der Waals surface area contributed by atoms with E-state index < -0.39 is 0 Å². The first kappa shape index (κ1) is 11.9. The van der Waals surface area contributed by atoms with Crippen LogP contribution in [0.4, 0.5) is 0 Å². The molecule has 1 nitrogen and oxygen atoms in total. The van der Waals surface area contributed by atoms with Crippen molar-refractivity contribution in [3.8, 4) is 0 Å². The zero-order valence-electron chi connectivity index (χ0n) is 6.85. The molecular formula is C9H5Cl4N. The van der Waals surface area contributed by atoms with Crippen molar-refractivity contribution >= 4 is 51.6 Å². The van der Waals surface area contributed by atoms with Gasteiger partial charge in [-0.2, -0.15) is 0 Å². The smallest absolute Gasteiger partial charge is 0.160 e. The first-order valence-corrected chi connectivity index (χ1v) is 5.13. The van der Waals surface area contributed by atoms with Crippen molar-refractivity contribution in [2.75, 3.05) is 0 Å². The lowest BCUT2D eigenvalue weighted by Gasteiger charge is -1.97. The molecule has 1 rings (SSSR count). The summed E-state index contributed by atoms with van der Waals surface area (Å²) in [7, 11) is 0. The molecule has 0 fully saturated rings. The number of benzene rings is 1. The van der Waals surface area contributed by atoms with Crippen molar-refractivity contribution in [1.29, 1.82) is 0 Å². The van der Waals surface area contributed by atoms with E-state index in [4.69, 9.17) is 46.4 Å². The van der Waals surface area contributed by atoms with Gasteiger partial charge < -0.3 is 0 Å². The van der Waals surface area contributed by atoms with Gasteiger partial charge in [0.25, 0.3) is 0 Å². The number of nitrogens with zero attached hydrogens (tertiary/aromatic N) is 1. The summed E-state index contributed by atoms with van der Waals surface area (Å²) in [5, 5.41) is 0.219. The Bertz CT molecular complexity index is 366. The highest BCUT2D eigenvalue weighted by Gasteiger charge is 2.01. The Morgan fingerprint density at radius 2 is 1.50 bits per heavy atom. The van der Waals surface area contributed by atoms with Crippen LogP contribution in [0.25, 0.3) is 0 Å². The highest BCUT2D eigenvalue weighted by Crippen LogP contribution is 2.20. The lowest BCUT2D eigenvalue weighted by molar-refractivity contribution is 1.51. The molecule has 0 saturated carbocycles. The molecule has 1 aromatic carbocycles. The Morgan fingerprint density at radius 1 is 0.929 bits per heavy atom. The highest BCUT2D eigenvalue weighted by molar-refractivity contribution is 6.70. The Balaban J connectivity index is 2.97. The molecule has 0 spiro atoms. The summed E-state index contributed by atoms with van der Waals surface area (Å²) in [4.78, 5) is 3.81. The molecule has 14 heavy (non-hydrogen) atoms. The SMILES string of the molecule is ClC(=NC(Cl)=C(Cl)Cl)c1ccccc1. The van der Waals surface area contributed by atoms with Gasteiger partial charge in [0.05, 0.1) is 0 Å². The second-order valence-corrected chi connectivity index (χ2v) is 3.99. The minimum atomic E-state index is -0.110. The number of hydrogen-bond acceptors (Lipinski definition) is 1. The lowest BCUT2D eigenvalue weighted by Crippen LogP contribution is -1.89. The van der Waals surface area contributed by atoms with Gasteiger partial charge in [-0.25, -0.2) is 4.99 Å². The van der Waals surface area contributed by atoms with Crippen LogP contribution in [0.15, 0.2) is 45.0 Å². The van der Waals surface area contributed by atoms with Gasteiger partial charge in [-0.1, -0.05) is 76.7 Å². The molecule has 0 saturated heterocycles. The standard InChI is InChI=1S/C9H5Cl4N/c10-7(11)9(13)14-8(12)6-4-2-1-3-5-6/h1-5H. The van der Waals surface area contributed by atoms with Gasteiger partial charge in [0, 0.05) is 5.56 Å². The molecule has 0 atom stereocenters. The molecule has 0 aliphatic rings. The third-order valence-corrected chi connectivity index (χ3v) is 2.49. The van der Waals surface area contributed by atoms with Crippen LogP contribution in [0.1, 0.15) is 5.56 Å². The quantitative estimate of drug-likeness (QED) is 0.553. The number of hydrogen-bond donors (Lipinski definition) is 0. The normalized spacial score (nSPS) is 11.3. The maximum Gasteiger partial charge on any atom is 0.160 e. The molecule has 0 amide bonds. The molecule has 0 bridgehead atoms. The summed E-state index contributed by atoms with van der Waals surface area (Å²) in [6.45, 7) is 0. The second-order valence-electron chi connectivity index (χ2n) is 2.32. The number of rotatable bonds is 2. The summed E-state index contributed by atoms with van der Waals surface area (Å²) in [5.41, 5.74) is 0.752. The molecule has 0 N–H and O–H groups in total. The van der Waals surface area contributed by atoms with Crippen LogP contribution >= 0.6 is 46.4 Å². The van der Waals surface area contributed by atoms with Crippen LogP contribution in [0.5, 0.6) is 0 Å². The van der Waals surface area contributed by atoms with E-state index in [0.717, 1.165) is 5.56 Å². The molecule has 0 aliphatic carbocycles. The van der Waals surface area contributed by atoms with Gasteiger partial charge in [-0.05, 0) is 0 Å². The predicted molar refractivity (Wildman–Crippen MR) is 63.4 cm³/mol. The Labute approximate surface area is 102 Å². The summed E-state index contributed by atoms with van der Waals surface area (Å²) in [5.74, 6) is 0. The molecule has 0 aromatic heterocycles. The monoisotopic (exact) mass is 267 g/mol. The average Bonchev–Trinajstić information content (AvgIpc) is 2.19. The lowest BCUT2D eigenvalue weighted by atomic mass is 10.2. The Hall–Kier alpha value is -0.210. The number of halogens is 4. The van der Waals surface area contributed by atoms with E-state index in [9.17, 15) is 0 Å². The summed E-state index contributed by atoms with van der Waals surface area (Å²) < 4.78 is -0.110. The van der Waals surface area contributed by atoms with Crippen molar-refractivity contribution in [2.45, 2.75) is 0 Å². The van der Waals surface area contributed by atoms with E-state index in [0.29, 0.717) is 0 Å². The van der Waals surface area contributed by atoms with Gasteiger partial charge in [0.1, 0.15) is 9.66 Å². The van der Waals surface area contributed by atoms with E-state index in [-0.39, 0.29) is 14.8 Å². The number of aliphatic imine (C=N–C) groups is 1. The van der Waals surface area contributed by atoms with Gasteiger partial charge in [0.15, 0.2) is 5.16 Å². The topological polar surface area (TPSA) is 12.4 Å². The third kappa shape index (κ3) is 3.50. The summed E-state index contributed by atoms with van der Waals surface area (Å²) in [6, 6.07) is 9.16. The summed E-state index contributed by atoms with van der Waals surface area (Å²) in [6.07, 6.45) is 0. The van der Waals surface area contributed by atoms with E-state index in [1.54, 1.807) is 12.1 Å². The first-order valence-electron chi connectivity index (χ1n) is 3.61. The Morgan fingerprint density at radius 3 is 2.00 bits per heavy atom. The minimum absolute atomic E-state index is 0.0258. The van der Waals surface area contributed by atoms with Crippen LogP contribution in [0, 0.1) is 0 Å². The summed E-state index contributed by atoms with van der Waals surface area (Å²) >= 11 is 22.3. The maximum absolute atomic E-state index is 5.86. The van der Waals surface area contributed by atoms with Crippen LogP contribution in [-0.4, -0.2) is 5.17 Å². The fourth-order valence-corrected chi connectivity index (χ4v) is 1.19. The van der Waals surface area contributed by atoms with E-state index in [1.165, 1.54) is 0 Å². The van der Waals surface area contributed by atoms with Crippen LogP contribution < -0.4 is 0 Å². The fourth-order valence-electron chi connectivity index (χ4n) is 0.769.